The number of nitrogens with zero attached hydrogens (tertiary/aromatic N) is 2. The summed E-state index contributed by atoms with van der Waals surface area (Å²) < 4.78 is 11.1. The number of rotatable bonds is 9. The van der Waals surface area contributed by atoms with Crippen molar-refractivity contribution in [2.75, 3.05) is 47.5 Å². The maximum atomic E-state index is 5.76. The molecule has 140 valence electrons. The van der Waals surface area contributed by atoms with Crippen molar-refractivity contribution >= 4 is 5.96 Å². The summed E-state index contributed by atoms with van der Waals surface area (Å²) in [6.45, 7) is 4.88. The standard InChI is InChI=1S/C19H32N4O2/c1-20-19(21-9-5-10-25-18-8-11-24-15-18)22-13-16-6-4-7-17(12-16)14-23(2)3/h4,6-7,12,18H,5,8-11,13-15H2,1-3H3,(H2,20,21,22). The predicted octanol–water partition coefficient (Wildman–Crippen LogP) is 1.61. The summed E-state index contributed by atoms with van der Waals surface area (Å²) in [6, 6.07) is 8.64. The number of guanidine groups is 1. The van der Waals surface area contributed by atoms with E-state index in [4.69, 9.17) is 9.47 Å². The molecule has 0 aliphatic carbocycles. The van der Waals surface area contributed by atoms with Gasteiger partial charge in [0.15, 0.2) is 5.96 Å². The molecular formula is C19H32N4O2. The van der Waals surface area contributed by atoms with Gasteiger partial charge < -0.3 is 25.0 Å². The second-order valence-corrected chi connectivity index (χ2v) is 6.62. The Balaban J connectivity index is 1.64. The third kappa shape index (κ3) is 7.86. The maximum absolute atomic E-state index is 5.76. The van der Waals surface area contributed by atoms with E-state index in [0.29, 0.717) is 0 Å². The number of benzene rings is 1. The van der Waals surface area contributed by atoms with Gasteiger partial charge in [-0.1, -0.05) is 24.3 Å². The minimum atomic E-state index is 0.284. The first-order valence-corrected chi connectivity index (χ1v) is 9.04. The number of hydrogen-bond donors (Lipinski definition) is 2. The number of hydrogen-bond acceptors (Lipinski definition) is 4. The van der Waals surface area contributed by atoms with Crippen molar-refractivity contribution < 1.29 is 9.47 Å². The lowest BCUT2D eigenvalue weighted by Crippen LogP contribution is -2.37. The monoisotopic (exact) mass is 348 g/mol. The molecule has 2 rings (SSSR count). The Labute approximate surface area is 151 Å². The van der Waals surface area contributed by atoms with Crippen LogP contribution in [0.5, 0.6) is 0 Å². The third-order valence-corrected chi connectivity index (χ3v) is 4.03. The van der Waals surface area contributed by atoms with Gasteiger partial charge in [0.05, 0.1) is 12.7 Å². The maximum Gasteiger partial charge on any atom is 0.191 e. The lowest BCUT2D eigenvalue weighted by atomic mass is 10.1. The average molecular weight is 348 g/mol. The molecule has 0 bridgehead atoms. The summed E-state index contributed by atoms with van der Waals surface area (Å²) >= 11 is 0. The van der Waals surface area contributed by atoms with Crippen LogP contribution in [0.25, 0.3) is 0 Å². The van der Waals surface area contributed by atoms with Gasteiger partial charge in [0.25, 0.3) is 0 Å². The van der Waals surface area contributed by atoms with E-state index in [1.807, 2.05) is 0 Å². The molecular weight excluding hydrogens is 316 g/mol. The van der Waals surface area contributed by atoms with E-state index in [9.17, 15) is 0 Å². The summed E-state index contributed by atoms with van der Waals surface area (Å²) in [5.41, 5.74) is 2.58. The van der Waals surface area contributed by atoms with Crippen molar-refractivity contribution in [3.05, 3.63) is 35.4 Å². The van der Waals surface area contributed by atoms with Crippen LogP contribution in [0, 0.1) is 0 Å². The Morgan fingerprint density at radius 3 is 2.88 bits per heavy atom. The highest BCUT2D eigenvalue weighted by Crippen LogP contribution is 2.08. The van der Waals surface area contributed by atoms with Crippen LogP contribution in [0.2, 0.25) is 0 Å². The van der Waals surface area contributed by atoms with Crippen molar-refractivity contribution in [3.63, 3.8) is 0 Å². The summed E-state index contributed by atoms with van der Waals surface area (Å²) in [7, 11) is 5.96. The van der Waals surface area contributed by atoms with E-state index in [-0.39, 0.29) is 6.10 Å². The first-order valence-electron chi connectivity index (χ1n) is 9.04. The molecule has 6 nitrogen and oxygen atoms in total. The second-order valence-electron chi connectivity index (χ2n) is 6.62. The van der Waals surface area contributed by atoms with Gasteiger partial charge in [-0.25, -0.2) is 0 Å². The van der Waals surface area contributed by atoms with E-state index >= 15 is 0 Å². The largest absolute Gasteiger partial charge is 0.379 e. The quantitative estimate of drug-likeness (QED) is 0.403. The van der Waals surface area contributed by atoms with Crippen LogP contribution in [0.3, 0.4) is 0 Å². The van der Waals surface area contributed by atoms with Gasteiger partial charge in [0.2, 0.25) is 0 Å². The Bertz CT molecular complexity index is 528. The zero-order valence-corrected chi connectivity index (χ0v) is 15.8. The highest BCUT2D eigenvalue weighted by atomic mass is 16.5. The van der Waals surface area contributed by atoms with Crippen molar-refractivity contribution in [2.45, 2.75) is 32.0 Å². The van der Waals surface area contributed by atoms with Crippen LogP contribution >= 0.6 is 0 Å². The van der Waals surface area contributed by atoms with Gasteiger partial charge in [-0.2, -0.15) is 0 Å². The number of ether oxygens (including phenoxy) is 2. The molecule has 1 fully saturated rings. The van der Waals surface area contributed by atoms with Gasteiger partial charge >= 0.3 is 0 Å². The Morgan fingerprint density at radius 1 is 1.32 bits per heavy atom. The minimum absolute atomic E-state index is 0.284. The van der Waals surface area contributed by atoms with E-state index in [1.54, 1.807) is 7.05 Å². The topological polar surface area (TPSA) is 58.1 Å². The molecule has 1 aromatic rings. The third-order valence-electron chi connectivity index (χ3n) is 4.03. The Morgan fingerprint density at radius 2 is 2.16 bits per heavy atom. The highest BCUT2D eigenvalue weighted by Gasteiger charge is 2.15. The van der Waals surface area contributed by atoms with E-state index < -0.39 is 0 Å². The molecule has 1 atom stereocenters. The SMILES string of the molecule is CN=C(NCCCOC1CCOC1)NCc1cccc(CN(C)C)c1. The van der Waals surface area contributed by atoms with E-state index in [0.717, 1.165) is 58.3 Å². The van der Waals surface area contributed by atoms with Crippen LogP contribution < -0.4 is 10.6 Å². The predicted molar refractivity (Wildman–Crippen MR) is 102 cm³/mol. The van der Waals surface area contributed by atoms with Crippen molar-refractivity contribution in [1.82, 2.24) is 15.5 Å². The second kappa shape index (κ2) is 11.1. The first-order chi connectivity index (χ1) is 12.2. The van der Waals surface area contributed by atoms with E-state index in [2.05, 4.69) is 58.9 Å². The molecule has 0 spiro atoms. The molecule has 0 saturated carbocycles. The van der Waals surface area contributed by atoms with Crippen LogP contribution in [-0.2, 0) is 22.6 Å². The van der Waals surface area contributed by atoms with Gasteiger partial charge in [-0.05, 0) is 38.1 Å². The number of aliphatic imine (C=N–C) groups is 1. The van der Waals surface area contributed by atoms with Crippen LogP contribution in [0.4, 0.5) is 0 Å². The Hall–Kier alpha value is -1.63. The normalized spacial score (nSPS) is 17.9. The minimum Gasteiger partial charge on any atom is -0.379 e. The summed E-state index contributed by atoms with van der Waals surface area (Å²) in [4.78, 5) is 6.45. The smallest absolute Gasteiger partial charge is 0.191 e. The van der Waals surface area contributed by atoms with Crippen molar-refractivity contribution in [1.29, 1.82) is 0 Å². The fraction of sp³-hybridized carbons (Fsp3) is 0.632. The zero-order valence-electron chi connectivity index (χ0n) is 15.8. The van der Waals surface area contributed by atoms with Crippen molar-refractivity contribution in [3.8, 4) is 0 Å². The van der Waals surface area contributed by atoms with Gasteiger partial charge in [0, 0.05) is 39.9 Å². The molecule has 2 N–H and O–H groups in total. The average Bonchev–Trinajstić information content (AvgIpc) is 3.10. The molecule has 1 aromatic carbocycles. The molecule has 25 heavy (non-hydrogen) atoms. The molecule has 0 aromatic heterocycles. The molecule has 0 amide bonds. The molecule has 1 heterocycles. The van der Waals surface area contributed by atoms with Gasteiger partial charge in [-0.3, -0.25) is 4.99 Å². The Kier molecular flexibility index (Phi) is 8.72. The lowest BCUT2D eigenvalue weighted by Gasteiger charge is -2.14. The summed E-state index contributed by atoms with van der Waals surface area (Å²) in [5.74, 6) is 0.821. The molecule has 1 unspecified atom stereocenters. The van der Waals surface area contributed by atoms with E-state index in [1.165, 1.54) is 11.1 Å². The highest BCUT2D eigenvalue weighted by molar-refractivity contribution is 5.79. The van der Waals surface area contributed by atoms with Crippen LogP contribution in [0.1, 0.15) is 24.0 Å². The molecule has 1 saturated heterocycles. The molecule has 1 aliphatic rings. The van der Waals surface area contributed by atoms with Crippen LogP contribution in [0.15, 0.2) is 29.3 Å². The first kappa shape index (κ1) is 19.7. The van der Waals surface area contributed by atoms with Crippen LogP contribution in [-0.4, -0.2) is 64.5 Å². The zero-order chi connectivity index (χ0) is 17.9. The summed E-state index contributed by atoms with van der Waals surface area (Å²) in [6.07, 6.45) is 2.26. The summed E-state index contributed by atoms with van der Waals surface area (Å²) in [5, 5.41) is 6.69. The molecule has 6 heteroatoms. The molecule has 1 aliphatic heterocycles. The fourth-order valence-electron chi connectivity index (χ4n) is 2.78. The van der Waals surface area contributed by atoms with Crippen molar-refractivity contribution in [2.24, 2.45) is 4.99 Å². The van der Waals surface area contributed by atoms with Gasteiger partial charge in [0.1, 0.15) is 0 Å². The molecule has 0 radical (unpaired) electrons. The lowest BCUT2D eigenvalue weighted by molar-refractivity contribution is 0.0420. The number of nitrogens with one attached hydrogen (secondary N) is 2. The fourth-order valence-corrected chi connectivity index (χ4v) is 2.78. The van der Waals surface area contributed by atoms with Gasteiger partial charge in [-0.15, -0.1) is 0 Å².